The summed E-state index contributed by atoms with van der Waals surface area (Å²) >= 11 is 0. The normalized spacial score (nSPS) is 18.5. The van der Waals surface area contributed by atoms with Crippen molar-refractivity contribution in [2.24, 2.45) is 10.9 Å². The maximum atomic E-state index is 12.4. The fourth-order valence-corrected chi connectivity index (χ4v) is 3.28. The molecule has 0 spiro atoms. The SMILES string of the molecule is Cc1cc(C(=O)N2CC[C@@H](N)C2)cc(S(N)(=O)=O)c1C.Cl. The van der Waals surface area contributed by atoms with Crippen molar-refractivity contribution in [3.05, 3.63) is 28.8 Å². The molecule has 1 heterocycles. The Morgan fingerprint density at radius 2 is 1.95 bits per heavy atom. The summed E-state index contributed by atoms with van der Waals surface area (Å²) in [5, 5.41) is 5.20. The Labute approximate surface area is 130 Å². The van der Waals surface area contributed by atoms with Crippen molar-refractivity contribution >= 4 is 28.3 Å². The lowest BCUT2D eigenvalue weighted by atomic mass is 10.1. The highest BCUT2D eigenvalue weighted by atomic mass is 35.5. The molecule has 0 saturated carbocycles. The summed E-state index contributed by atoms with van der Waals surface area (Å²) in [5.41, 5.74) is 7.42. The molecular formula is C13H20ClN3O3S. The summed E-state index contributed by atoms with van der Waals surface area (Å²) in [6.45, 7) is 4.53. The zero-order valence-electron chi connectivity index (χ0n) is 12.0. The van der Waals surface area contributed by atoms with Crippen LogP contribution in [0.15, 0.2) is 17.0 Å². The molecule has 21 heavy (non-hydrogen) atoms. The minimum Gasteiger partial charge on any atom is -0.337 e. The van der Waals surface area contributed by atoms with E-state index in [1.54, 1.807) is 24.8 Å². The summed E-state index contributed by atoms with van der Waals surface area (Å²) in [7, 11) is -3.84. The molecule has 1 aliphatic heterocycles. The molecule has 1 fully saturated rings. The van der Waals surface area contributed by atoms with Crippen molar-refractivity contribution < 1.29 is 13.2 Å². The van der Waals surface area contributed by atoms with E-state index in [9.17, 15) is 13.2 Å². The fourth-order valence-electron chi connectivity index (χ4n) is 2.40. The molecule has 0 radical (unpaired) electrons. The second-order valence-corrected chi connectivity index (χ2v) is 6.79. The number of sulfonamides is 1. The van der Waals surface area contributed by atoms with Crippen LogP contribution in [0.5, 0.6) is 0 Å². The van der Waals surface area contributed by atoms with E-state index in [0.717, 1.165) is 12.0 Å². The molecule has 118 valence electrons. The van der Waals surface area contributed by atoms with Crippen LogP contribution in [-0.2, 0) is 10.0 Å². The third-order valence-electron chi connectivity index (χ3n) is 3.69. The van der Waals surface area contributed by atoms with Crippen LogP contribution in [0.25, 0.3) is 0 Å². The van der Waals surface area contributed by atoms with E-state index in [0.29, 0.717) is 24.2 Å². The Kier molecular flexibility index (Phi) is 5.38. The molecule has 0 unspecified atom stereocenters. The first kappa shape index (κ1) is 17.9. The van der Waals surface area contributed by atoms with Crippen LogP contribution in [0.4, 0.5) is 0 Å². The number of nitrogens with zero attached hydrogens (tertiary/aromatic N) is 1. The second-order valence-electron chi connectivity index (χ2n) is 5.26. The van der Waals surface area contributed by atoms with E-state index in [1.807, 2.05) is 0 Å². The first-order chi connectivity index (χ1) is 9.20. The minimum absolute atomic E-state index is 0. The van der Waals surface area contributed by atoms with Crippen molar-refractivity contribution in [1.82, 2.24) is 4.90 Å². The van der Waals surface area contributed by atoms with Crippen molar-refractivity contribution in [3.63, 3.8) is 0 Å². The van der Waals surface area contributed by atoms with Gasteiger partial charge in [-0.05, 0) is 43.5 Å². The quantitative estimate of drug-likeness (QED) is 0.824. The summed E-state index contributed by atoms with van der Waals surface area (Å²) in [5.74, 6) is -0.203. The molecule has 4 N–H and O–H groups in total. The lowest BCUT2D eigenvalue weighted by Gasteiger charge is -2.17. The molecule has 1 saturated heterocycles. The average molecular weight is 334 g/mol. The molecule has 1 amide bonds. The number of hydrogen-bond acceptors (Lipinski definition) is 4. The van der Waals surface area contributed by atoms with E-state index in [1.165, 1.54) is 6.07 Å². The van der Waals surface area contributed by atoms with Gasteiger partial charge in [0, 0.05) is 24.7 Å². The highest BCUT2D eigenvalue weighted by Gasteiger charge is 2.26. The predicted octanol–water partition coefficient (Wildman–Crippen LogP) is 0.546. The maximum Gasteiger partial charge on any atom is 0.253 e. The number of halogens is 1. The highest BCUT2D eigenvalue weighted by molar-refractivity contribution is 7.89. The smallest absolute Gasteiger partial charge is 0.253 e. The number of carbonyl (C=O) groups excluding carboxylic acids is 1. The Balaban J connectivity index is 0.00000220. The van der Waals surface area contributed by atoms with Gasteiger partial charge in [-0.15, -0.1) is 12.4 Å². The molecule has 0 bridgehead atoms. The first-order valence-electron chi connectivity index (χ1n) is 6.39. The Morgan fingerprint density at radius 3 is 2.43 bits per heavy atom. The van der Waals surface area contributed by atoms with Crippen molar-refractivity contribution in [1.29, 1.82) is 0 Å². The van der Waals surface area contributed by atoms with Crippen LogP contribution in [0, 0.1) is 13.8 Å². The number of benzene rings is 1. The van der Waals surface area contributed by atoms with Crippen molar-refractivity contribution in [2.45, 2.75) is 31.2 Å². The molecule has 0 aliphatic carbocycles. The monoisotopic (exact) mass is 333 g/mol. The summed E-state index contributed by atoms with van der Waals surface area (Å²) in [4.78, 5) is 14.0. The van der Waals surface area contributed by atoms with Crippen LogP contribution < -0.4 is 10.9 Å². The van der Waals surface area contributed by atoms with Gasteiger partial charge in [-0.3, -0.25) is 4.79 Å². The zero-order valence-corrected chi connectivity index (χ0v) is 13.6. The van der Waals surface area contributed by atoms with E-state index in [-0.39, 0.29) is 29.3 Å². The number of hydrogen-bond donors (Lipinski definition) is 2. The van der Waals surface area contributed by atoms with Gasteiger partial charge >= 0.3 is 0 Å². The standard InChI is InChI=1S/C13H19N3O3S.ClH/c1-8-5-10(6-12(9(8)2)20(15,18)19)13(17)16-4-3-11(14)7-16;/h5-6,11H,3-4,7,14H2,1-2H3,(H2,15,18,19);1H/t11-;/m1./s1. The van der Waals surface area contributed by atoms with Crippen LogP contribution >= 0.6 is 12.4 Å². The van der Waals surface area contributed by atoms with Gasteiger partial charge in [-0.1, -0.05) is 0 Å². The van der Waals surface area contributed by atoms with Crippen molar-refractivity contribution in [2.75, 3.05) is 13.1 Å². The molecule has 2 rings (SSSR count). The molecule has 8 heteroatoms. The summed E-state index contributed by atoms with van der Waals surface area (Å²) < 4.78 is 23.2. The zero-order chi connectivity index (χ0) is 15.1. The van der Waals surface area contributed by atoms with Gasteiger partial charge in [0.15, 0.2) is 0 Å². The van der Waals surface area contributed by atoms with Crippen LogP contribution in [-0.4, -0.2) is 38.4 Å². The van der Waals surface area contributed by atoms with Crippen molar-refractivity contribution in [3.8, 4) is 0 Å². The molecular weight excluding hydrogens is 314 g/mol. The Bertz CT molecular complexity index is 661. The van der Waals surface area contributed by atoms with Crippen LogP contribution in [0.3, 0.4) is 0 Å². The fraction of sp³-hybridized carbons (Fsp3) is 0.462. The van der Waals surface area contributed by atoms with E-state index in [4.69, 9.17) is 10.9 Å². The number of amides is 1. The lowest BCUT2D eigenvalue weighted by Crippen LogP contribution is -2.32. The average Bonchev–Trinajstić information content (AvgIpc) is 2.76. The van der Waals surface area contributed by atoms with E-state index >= 15 is 0 Å². The highest BCUT2D eigenvalue weighted by Crippen LogP contribution is 2.22. The number of carbonyl (C=O) groups is 1. The predicted molar refractivity (Wildman–Crippen MR) is 83.0 cm³/mol. The van der Waals surface area contributed by atoms with Gasteiger partial charge in [0.05, 0.1) is 4.90 Å². The van der Waals surface area contributed by atoms with Gasteiger partial charge in [0.2, 0.25) is 10.0 Å². The Hall–Kier alpha value is -1.15. The lowest BCUT2D eigenvalue weighted by molar-refractivity contribution is 0.0790. The van der Waals surface area contributed by atoms with Crippen LogP contribution in [0.1, 0.15) is 27.9 Å². The number of rotatable bonds is 2. The minimum atomic E-state index is -3.84. The van der Waals surface area contributed by atoms with Gasteiger partial charge in [0.1, 0.15) is 0 Å². The second kappa shape index (κ2) is 6.31. The van der Waals surface area contributed by atoms with Gasteiger partial charge < -0.3 is 10.6 Å². The topological polar surface area (TPSA) is 106 Å². The van der Waals surface area contributed by atoms with Gasteiger partial charge in [0.25, 0.3) is 5.91 Å². The largest absolute Gasteiger partial charge is 0.337 e. The van der Waals surface area contributed by atoms with Crippen LogP contribution in [0.2, 0.25) is 0 Å². The Morgan fingerprint density at radius 1 is 1.33 bits per heavy atom. The number of aryl methyl sites for hydroxylation is 1. The molecule has 0 aromatic heterocycles. The molecule has 1 aromatic rings. The summed E-state index contributed by atoms with van der Waals surface area (Å²) in [6, 6.07) is 3.03. The number of likely N-dealkylation sites (tertiary alicyclic amines) is 1. The summed E-state index contributed by atoms with van der Waals surface area (Å²) in [6.07, 6.45) is 0.763. The first-order valence-corrected chi connectivity index (χ1v) is 7.93. The number of nitrogens with two attached hydrogens (primary N) is 2. The van der Waals surface area contributed by atoms with E-state index in [2.05, 4.69) is 0 Å². The maximum absolute atomic E-state index is 12.4. The van der Waals surface area contributed by atoms with E-state index < -0.39 is 10.0 Å². The third-order valence-corrected chi connectivity index (χ3v) is 4.72. The third kappa shape index (κ3) is 3.74. The molecule has 1 aliphatic rings. The van der Waals surface area contributed by atoms with Gasteiger partial charge in [-0.2, -0.15) is 0 Å². The molecule has 6 nitrogen and oxygen atoms in total. The molecule has 1 aromatic carbocycles. The number of primary sulfonamides is 1. The van der Waals surface area contributed by atoms with Gasteiger partial charge in [-0.25, -0.2) is 13.6 Å². The molecule has 1 atom stereocenters.